The highest BCUT2D eigenvalue weighted by atomic mass is 32.2. The van der Waals surface area contributed by atoms with E-state index in [0.29, 0.717) is 17.6 Å². The van der Waals surface area contributed by atoms with Gasteiger partial charge in [-0.15, -0.1) is 16.9 Å². The lowest BCUT2D eigenvalue weighted by Crippen LogP contribution is -2.30. The number of rotatable bonds is 5. The number of thioether (sulfide) groups is 1. The number of aryl methyl sites for hydroxylation is 2. The highest BCUT2D eigenvalue weighted by Gasteiger charge is 2.16. The maximum absolute atomic E-state index is 12.2. The van der Waals surface area contributed by atoms with Gasteiger partial charge in [-0.05, 0) is 61.8 Å². The highest BCUT2D eigenvalue weighted by Crippen LogP contribution is 2.27. The summed E-state index contributed by atoms with van der Waals surface area (Å²) < 4.78 is 0. The number of fused-ring (bicyclic) bond motifs is 1. The second-order valence-corrected chi connectivity index (χ2v) is 7.70. The number of hydrogen-bond donors (Lipinski definition) is 2. The first-order valence-corrected chi connectivity index (χ1v) is 9.98. The summed E-state index contributed by atoms with van der Waals surface area (Å²) in [6, 6.07) is 6.54. The van der Waals surface area contributed by atoms with Crippen LogP contribution in [0, 0.1) is 0 Å². The van der Waals surface area contributed by atoms with Gasteiger partial charge in [-0.3, -0.25) is 10.1 Å². The largest absolute Gasteiger partial charge is 0.340 e. The molecule has 1 fully saturated rings. The minimum atomic E-state index is -0.0631. The Balaban J connectivity index is 1.29. The number of H-pyrrole nitrogens is 1. The predicted molar refractivity (Wildman–Crippen MR) is 100 cm³/mol. The molecule has 0 bridgehead atoms. The average molecular weight is 357 g/mol. The van der Waals surface area contributed by atoms with Gasteiger partial charge in [0.15, 0.2) is 0 Å². The van der Waals surface area contributed by atoms with Gasteiger partial charge in [0.2, 0.25) is 17.8 Å². The molecule has 25 heavy (non-hydrogen) atoms. The molecule has 1 aliphatic heterocycles. The second kappa shape index (κ2) is 7.47. The van der Waals surface area contributed by atoms with Gasteiger partial charge in [0, 0.05) is 18.0 Å². The number of aromatic nitrogens is 3. The van der Waals surface area contributed by atoms with Crippen molar-refractivity contribution >= 4 is 29.6 Å². The van der Waals surface area contributed by atoms with E-state index in [1.54, 1.807) is 11.8 Å². The lowest BCUT2D eigenvalue weighted by atomic mass is 10.1. The molecule has 4 rings (SSSR count). The van der Waals surface area contributed by atoms with E-state index in [9.17, 15) is 4.79 Å². The fourth-order valence-corrected chi connectivity index (χ4v) is 4.26. The molecule has 2 aromatic rings. The topological polar surface area (TPSA) is 73.9 Å². The zero-order valence-electron chi connectivity index (χ0n) is 14.3. The van der Waals surface area contributed by atoms with Gasteiger partial charge in [0.05, 0.1) is 5.75 Å². The van der Waals surface area contributed by atoms with Crippen molar-refractivity contribution in [3.63, 3.8) is 0 Å². The van der Waals surface area contributed by atoms with E-state index < -0.39 is 0 Å². The molecular formula is C18H23N5OS. The number of nitrogens with one attached hydrogen (secondary N) is 2. The number of carbonyl (C=O) groups excluding carboxylic acids is 1. The summed E-state index contributed by atoms with van der Waals surface area (Å²) >= 11 is 1.56. The number of amides is 1. The lowest BCUT2D eigenvalue weighted by Gasteiger charge is -2.24. The lowest BCUT2D eigenvalue weighted by molar-refractivity contribution is -0.113. The Kier molecular flexibility index (Phi) is 4.92. The molecule has 1 saturated heterocycles. The van der Waals surface area contributed by atoms with Crippen molar-refractivity contribution in [2.24, 2.45) is 0 Å². The average Bonchev–Trinajstić information content (AvgIpc) is 3.29. The molecule has 1 amide bonds. The van der Waals surface area contributed by atoms with Crippen LogP contribution in [0.25, 0.3) is 0 Å². The Morgan fingerprint density at radius 1 is 1.16 bits per heavy atom. The number of hydrogen-bond acceptors (Lipinski definition) is 5. The van der Waals surface area contributed by atoms with Crippen molar-refractivity contribution < 1.29 is 4.79 Å². The third kappa shape index (κ3) is 3.98. The molecule has 0 saturated carbocycles. The fraction of sp³-hybridized carbons (Fsp3) is 0.500. The molecular weight excluding hydrogens is 334 g/mol. The SMILES string of the molecule is O=C(CSc1ccc2c(c1)CCC2)Nc1nc(N2CCCCC2)n[nH]1. The maximum atomic E-state index is 12.2. The van der Waals surface area contributed by atoms with Crippen LogP contribution in [0.5, 0.6) is 0 Å². The van der Waals surface area contributed by atoms with Crippen LogP contribution in [-0.2, 0) is 17.6 Å². The van der Waals surface area contributed by atoms with Crippen molar-refractivity contribution in [1.29, 1.82) is 0 Å². The van der Waals surface area contributed by atoms with Crippen LogP contribution in [-0.4, -0.2) is 39.9 Å². The van der Waals surface area contributed by atoms with Crippen molar-refractivity contribution in [2.75, 3.05) is 29.1 Å². The van der Waals surface area contributed by atoms with Gasteiger partial charge in [0.25, 0.3) is 0 Å². The van der Waals surface area contributed by atoms with E-state index in [2.05, 4.69) is 43.6 Å². The van der Waals surface area contributed by atoms with Gasteiger partial charge in [-0.2, -0.15) is 4.98 Å². The van der Waals surface area contributed by atoms with Crippen LogP contribution in [0.1, 0.15) is 36.8 Å². The molecule has 1 aromatic heterocycles. The molecule has 0 radical (unpaired) electrons. The summed E-state index contributed by atoms with van der Waals surface area (Å²) in [5, 5.41) is 9.85. The van der Waals surface area contributed by atoms with Crippen LogP contribution < -0.4 is 10.2 Å². The third-order valence-corrected chi connectivity index (χ3v) is 5.80. The third-order valence-electron chi connectivity index (χ3n) is 4.81. The number of piperidine rings is 1. The number of carbonyl (C=O) groups is 1. The van der Waals surface area contributed by atoms with Crippen molar-refractivity contribution in [2.45, 2.75) is 43.4 Å². The molecule has 1 aromatic carbocycles. The number of anilines is 2. The Labute approximate surface area is 151 Å². The standard InChI is InChI=1S/C18H23N5OS/c24-16(12-25-15-8-7-13-5-4-6-14(13)11-15)19-17-20-18(22-21-17)23-9-2-1-3-10-23/h7-8,11H,1-6,9-10,12H2,(H2,19,20,21,22,24). The smallest absolute Gasteiger partial charge is 0.246 e. The van der Waals surface area contributed by atoms with Gasteiger partial charge < -0.3 is 4.90 Å². The zero-order valence-corrected chi connectivity index (χ0v) is 15.1. The summed E-state index contributed by atoms with van der Waals surface area (Å²) in [6.07, 6.45) is 7.21. The minimum absolute atomic E-state index is 0.0631. The van der Waals surface area contributed by atoms with Gasteiger partial charge in [-0.25, -0.2) is 5.10 Å². The normalized spacial score (nSPS) is 16.7. The maximum Gasteiger partial charge on any atom is 0.246 e. The molecule has 2 N–H and O–H groups in total. The quantitative estimate of drug-likeness (QED) is 0.805. The summed E-state index contributed by atoms with van der Waals surface area (Å²) in [6.45, 7) is 1.97. The van der Waals surface area contributed by atoms with Crippen LogP contribution in [0.2, 0.25) is 0 Å². The molecule has 2 aliphatic rings. The predicted octanol–water partition coefficient (Wildman–Crippen LogP) is 3.01. The first-order chi connectivity index (χ1) is 12.3. The molecule has 7 heteroatoms. The summed E-state index contributed by atoms with van der Waals surface area (Å²) in [7, 11) is 0. The Bertz CT molecular complexity index is 754. The van der Waals surface area contributed by atoms with E-state index in [0.717, 1.165) is 24.4 Å². The number of nitrogens with zero attached hydrogens (tertiary/aromatic N) is 3. The van der Waals surface area contributed by atoms with Crippen LogP contribution in [0.4, 0.5) is 11.9 Å². The molecule has 0 spiro atoms. The second-order valence-electron chi connectivity index (χ2n) is 6.65. The summed E-state index contributed by atoms with van der Waals surface area (Å²) in [5.74, 6) is 1.42. The first kappa shape index (κ1) is 16.4. The number of aromatic amines is 1. The Morgan fingerprint density at radius 3 is 2.88 bits per heavy atom. The summed E-state index contributed by atoms with van der Waals surface area (Å²) in [5.41, 5.74) is 2.90. The Hall–Kier alpha value is -2.02. The van der Waals surface area contributed by atoms with E-state index in [4.69, 9.17) is 0 Å². The van der Waals surface area contributed by atoms with Gasteiger partial charge >= 0.3 is 0 Å². The number of benzene rings is 1. The minimum Gasteiger partial charge on any atom is -0.340 e. The highest BCUT2D eigenvalue weighted by molar-refractivity contribution is 8.00. The van der Waals surface area contributed by atoms with E-state index in [-0.39, 0.29) is 5.91 Å². The monoisotopic (exact) mass is 357 g/mol. The van der Waals surface area contributed by atoms with Gasteiger partial charge in [-0.1, -0.05) is 6.07 Å². The van der Waals surface area contributed by atoms with E-state index in [1.807, 2.05) is 0 Å². The Morgan fingerprint density at radius 2 is 2.00 bits per heavy atom. The molecule has 0 atom stereocenters. The summed E-state index contributed by atoms with van der Waals surface area (Å²) in [4.78, 5) is 19.9. The molecule has 0 unspecified atom stereocenters. The van der Waals surface area contributed by atoms with Gasteiger partial charge in [0.1, 0.15) is 0 Å². The zero-order chi connectivity index (χ0) is 17.1. The first-order valence-electron chi connectivity index (χ1n) is 9.00. The van der Waals surface area contributed by atoms with Crippen LogP contribution >= 0.6 is 11.8 Å². The van der Waals surface area contributed by atoms with Crippen molar-refractivity contribution in [1.82, 2.24) is 15.2 Å². The molecule has 132 valence electrons. The molecule has 2 heterocycles. The van der Waals surface area contributed by atoms with E-state index >= 15 is 0 Å². The fourth-order valence-electron chi connectivity index (χ4n) is 3.50. The van der Waals surface area contributed by atoms with Crippen molar-refractivity contribution in [3.8, 4) is 0 Å². The molecule has 1 aliphatic carbocycles. The van der Waals surface area contributed by atoms with Crippen LogP contribution in [0.15, 0.2) is 23.1 Å². The van der Waals surface area contributed by atoms with Crippen molar-refractivity contribution in [3.05, 3.63) is 29.3 Å². The van der Waals surface area contributed by atoms with Crippen LogP contribution in [0.3, 0.4) is 0 Å². The van der Waals surface area contributed by atoms with E-state index in [1.165, 1.54) is 43.2 Å². The molecule has 6 nitrogen and oxygen atoms in total.